The number of hydrogen-bond acceptors (Lipinski definition) is 6. The van der Waals surface area contributed by atoms with Crippen molar-refractivity contribution in [1.82, 2.24) is 0 Å². The number of allylic oxidation sites excluding steroid dienone is 1. The molecule has 0 N–H and O–H groups in total. The first kappa shape index (κ1) is 19.9. The Morgan fingerprint density at radius 1 is 1.13 bits per heavy atom. The second-order valence-corrected chi connectivity index (χ2v) is 7.82. The van der Waals surface area contributed by atoms with Crippen LogP contribution in [0.2, 0.25) is 0 Å². The van der Waals surface area contributed by atoms with Crippen LogP contribution in [-0.4, -0.2) is 18.4 Å². The average Bonchev–Trinajstić information content (AvgIpc) is 3.32. The molecule has 152 valence electrons. The van der Waals surface area contributed by atoms with Crippen molar-refractivity contribution in [1.29, 1.82) is 0 Å². The van der Waals surface area contributed by atoms with Gasteiger partial charge in [-0.25, -0.2) is 0 Å². The molecule has 3 aromatic rings. The van der Waals surface area contributed by atoms with Crippen molar-refractivity contribution in [2.24, 2.45) is 0 Å². The molecule has 0 atom stereocenters. The third-order valence-electron chi connectivity index (χ3n) is 4.56. The van der Waals surface area contributed by atoms with Crippen LogP contribution in [0.25, 0.3) is 6.08 Å². The summed E-state index contributed by atoms with van der Waals surface area (Å²) < 4.78 is 16.7. The fraction of sp³-hybridized carbons (Fsp3) is 0.167. The van der Waals surface area contributed by atoms with Gasteiger partial charge in [-0.05, 0) is 60.7 Å². The zero-order chi connectivity index (χ0) is 21.1. The summed E-state index contributed by atoms with van der Waals surface area (Å²) in [6.45, 7) is 4.32. The molecule has 0 aliphatic carbocycles. The molecule has 0 spiro atoms. The topological polar surface area (TPSA) is 61.8 Å². The highest BCUT2D eigenvalue weighted by Gasteiger charge is 2.30. The van der Waals surface area contributed by atoms with Crippen molar-refractivity contribution in [2.45, 2.75) is 20.3 Å². The van der Waals surface area contributed by atoms with Gasteiger partial charge in [0, 0.05) is 10.9 Å². The van der Waals surface area contributed by atoms with Gasteiger partial charge in [0.1, 0.15) is 17.2 Å². The van der Waals surface area contributed by atoms with Crippen LogP contribution in [0.3, 0.4) is 0 Å². The van der Waals surface area contributed by atoms with Crippen LogP contribution in [0.4, 0.5) is 0 Å². The second-order valence-electron chi connectivity index (χ2n) is 6.79. The van der Waals surface area contributed by atoms with Gasteiger partial charge in [-0.1, -0.05) is 18.2 Å². The van der Waals surface area contributed by atoms with E-state index < -0.39 is 0 Å². The van der Waals surface area contributed by atoms with E-state index >= 15 is 0 Å². The molecule has 2 heterocycles. The summed E-state index contributed by atoms with van der Waals surface area (Å²) in [5, 5.41) is 1.92. The quantitative estimate of drug-likeness (QED) is 0.311. The number of esters is 1. The minimum Gasteiger partial charge on any atom is -0.494 e. The lowest BCUT2D eigenvalue weighted by Gasteiger charge is -2.07. The normalized spacial score (nSPS) is 13.8. The van der Waals surface area contributed by atoms with Crippen molar-refractivity contribution in [3.05, 3.63) is 81.2 Å². The average molecular weight is 420 g/mol. The van der Waals surface area contributed by atoms with Crippen LogP contribution in [0.1, 0.15) is 33.3 Å². The SMILES string of the molecule is CCOc1ccc(/C=C2\Oc3cc(OC(=O)Cc4cccs4)cc(C)c3C2=O)cc1. The van der Waals surface area contributed by atoms with E-state index in [1.807, 2.05) is 48.7 Å². The highest BCUT2D eigenvalue weighted by atomic mass is 32.1. The molecule has 0 fully saturated rings. The van der Waals surface area contributed by atoms with E-state index in [0.717, 1.165) is 16.2 Å². The lowest BCUT2D eigenvalue weighted by atomic mass is 10.0. The standard InChI is InChI=1S/C24H20O5S/c1-3-27-17-8-6-16(7-9-17)12-21-24(26)23-15(2)11-18(13-20(23)29-21)28-22(25)14-19-5-4-10-30-19/h4-13H,3,14H2,1-2H3/b21-12-. The number of Topliss-reactive ketones (excluding diaryl/α,β-unsaturated/α-hetero) is 1. The van der Waals surface area contributed by atoms with E-state index in [4.69, 9.17) is 14.2 Å². The van der Waals surface area contributed by atoms with E-state index in [0.29, 0.717) is 29.2 Å². The third kappa shape index (κ3) is 4.28. The molecule has 4 rings (SSSR count). The zero-order valence-corrected chi connectivity index (χ0v) is 17.5. The lowest BCUT2D eigenvalue weighted by molar-refractivity contribution is -0.133. The largest absolute Gasteiger partial charge is 0.494 e. The Kier molecular flexibility index (Phi) is 5.68. The summed E-state index contributed by atoms with van der Waals surface area (Å²) in [5.74, 6) is 1.23. The van der Waals surface area contributed by atoms with Crippen molar-refractivity contribution in [3.8, 4) is 17.2 Å². The van der Waals surface area contributed by atoms with Crippen molar-refractivity contribution >= 4 is 29.2 Å². The number of benzene rings is 2. The molecule has 1 aliphatic rings. The highest BCUT2D eigenvalue weighted by Crippen LogP contribution is 2.37. The summed E-state index contributed by atoms with van der Waals surface area (Å²) in [6.07, 6.45) is 1.90. The Morgan fingerprint density at radius 2 is 1.93 bits per heavy atom. The Labute approximate surface area is 178 Å². The zero-order valence-electron chi connectivity index (χ0n) is 16.6. The minimum absolute atomic E-state index is 0.187. The maximum absolute atomic E-state index is 12.8. The summed E-state index contributed by atoms with van der Waals surface area (Å²) in [4.78, 5) is 25.9. The number of carbonyl (C=O) groups excluding carboxylic acids is 2. The van der Waals surface area contributed by atoms with Crippen LogP contribution in [0.15, 0.2) is 59.7 Å². The lowest BCUT2D eigenvalue weighted by Crippen LogP contribution is -2.10. The van der Waals surface area contributed by atoms with Gasteiger partial charge >= 0.3 is 5.97 Å². The van der Waals surface area contributed by atoms with E-state index in [-0.39, 0.29) is 23.9 Å². The maximum atomic E-state index is 12.8. The van der Waals surface area contributed by atoms with Gasteiger partial charge in [0.05, 0.1) is 18.6 Å². The van der Waals surface area contributed by atoms with Gasteiger partial charge in [0.15, 0.2) is 5.76 Å². The maximum Gasteiger partial charge on any atom is 0.316 e. The van der Waals surface area contributed by atoms with E-state index in [9.17, 15) is 9.59 Å². The second kappa shape index (κ2) is 8.55. The monoisotopic (exact) mass is 420 g/mol. The number of carbonyl (C=O) groups is 2. The van der Waals surface area contributed by atoms with E-state index in [2.05, 4.69) is 0 Å². The highest BCUT2D eigenvalue weighted by molar-refractivity contribution is 7.10. The first-order valence-corrected chi connectivity index (χ1v) is 10.5. The van der Waals surface area contributed by atoms with Gasteiger partial charge in [-0.2, -0.15) is 0 Å². The summed E-state index contributed by atoms with van der Waals surface area (Å²) in [5.41, 5.74) is 2.02. The van der Waals surface area contributed by atoms with Crippen molar-refractivity contribution in [2.75, 3.05) is 6.61 Å². The van der Waals surface area contributed by atoms with Crippen LogP contribution in [0.5, 0.6) is 17.2 Å². The van der Waals surface area contributed by atoms with Gasteiger partial charge in [-0.15, -0.1) is 11.3 Å². The fourth-order valence-electron chi connectivity index (χ4n) is 3.24. The first-order chi connectivity index (χ1) is 14.5. The molecule has 1 aromatic heterocycles. The third-order valence-corrected chi connectivity index (χ3v) is 5.44. The number of ether oxygens (including phenoxy) is 3. The Bertz CT molecular complexity index is 1110. The molecule has 0 radical (unpaired) electrons. The number of aryl methyl sites for hydroxylation is 1. The molecular weight excluding hydrogens is 400 g/mol. The Morgan fingerprint density at radius 3 is 2.63 bits per heavy atom. The number of ketones is 1. The van der Waals surface area contributed by atoms with Gasteiger partial charge in [-0.3, -0.25) is 9.59 Å². The van der Waals surface area contributed by atoms with Crippen LogP contribution in [-0.2, 0) is 11.2 Å². The molecule has 0 amide bonds. The Hall–Kier alpha value is -3.38. The van der Waals surface area contributed by atoms with Crippen LogP contribution in [0, 0.1) is 6.92 Å². The summed E-state index contributed by atoms with van der Waals surface area (Å²) >= 11 is 1.50. The Balaban J connectivity index is 1.52. The van der Waals surface area contributed by atoms with E-state index in [1.165, 1.54) is 11.3 Å². The molecule has 30 heavy (non-hydrogen) atoms. The molecule has 0 saturated carbocycles. The van der Waals surface area contributed by atoms with Gasteiger partial charge in [0.2, 0.25) is 5.78 Å². The predicted molar refractivity (Wildman–Crippen MR) is 115 cm³/mol. The minimum atomic E-state index is -0.355. The van der Waals surface area contributed by atoms with Crippen LogP contribution < -0.4 is 14.2 Å². The molecule has 0 unspecified atom stereocenters. The van der Waals surface area contributed by atoms with Gasteiger partial charge in [0.25, 0.3) is 0 Å². The van der Waals surface area contributed by atoms with Crippen LogP contribution >= 0.6 is 11.3 Å². The van der Waals surface area contributed by atoms with Crippen molar-refractivity contribution < 1.29 is 23.8 Å². The molecule has 0 saturated heterocycles. The first-order valence-electron chi connectivity index (χ1n) is 9.58. The summed E-state index contributed by atoms with van der Waals surface area (Å²) in [7, 11) is 0. The number of rotatable bonds is 6. The molecule has 6 heteroatoms. The molecule has 5 nitrogen and oxygen atoms in total. The van der Waals surface area contributed by atoms with Gasteiger partial charge < -0.3 is 14.2 Å². The number of thiophene rings is 1. The molecule has 2 aromatic carbocycles. The van der Waals surface area contributed by atoms with E-state index in [1.54, 1.807) is 25.1 Å². The fourth-order valence-corrected chi connectivity index (χ4v) is 3.93. The molecular formula is C24H20O5S. The smallest absolute Gasteiger partial charge is 0.316 e. The predicted octanol–water partition coefficient (Wildman–Crippen LogP) is 5.22. The van der Waals surface area contributed by atoms with Crippen molar-refractivity contribution in [3.63, 3.8) is 0 Å². The number of hydrogen-bond donors (Lipinski definition) is 0. The number of fused-ring (bicyclic) bond motifs is 1. The molecule has 1 aliphatic heterocycles. The molecule has 0 bridgehead atoms. The summed E-state index contributed by atoms with van der Waals surface area (Å²) in [6, 6.07) is 14.5.